The molecule has 0 spiro atoms. The van der Waals surface area contributed by atoms with Crippen LogP contribution in [0.2, 0.25) is 0 Å². The zero-order chi connectivity index (χ0) is 18.3. The van der Waals surface area contributed by atoms with Gasteiger partial charge in [-0.1, -0.05) is 6.07 Å². The zero-order valence-corrected chi connectivity index (χ0v) is 15.0. The van der Waals surface area contributed by atoms with E-state index in [9.17, 15) is 8.78 Å². The van der Waals surface area contributed by atoms with Crippen molar-refractivity contribution >= 4 is 11.0 Å². The number of pyridine rings is 2. The average Bonchev–Trinajstić information content (AvgIpc) is 2.93. The zero-order valence-electron chi connectivity index (χ0n) is 15.0. The van der Waals surface area contributed by atoms with E-state index >= 15 is 0 Å². The summed E-state index contributed by atoms with van der Waals surface area (Å²) in [7, 11) is 2.13. The van der Waals surface area contributed by atoms with Gasteiger partial charge in [-0.15, -0.1) is 0 Å². The van der Waals surface area contributed by atoms with Crippen molar-refractivity contribution in [3.63, 3.8) is 0 Å². The van der Waals surface area contributed by atoms with E-state index < -0.39 is 5.92 Å². The second kappa shape index (κ2) is 6.43. The first kappa shape index (κ1) is 17.1. The van der Waals surface area contributed by atoms with Gasteiger partial charge in [0.2, 0.25) is 0 Å². The fourth-order valence-electron chi connectivity index (χ4n) is 3.72. The minimum atomic E-state index is -2.90. The molecule has 0 radical (unpaired) electrons. The van der Waals surface area contributed by atoms with Gasteiger partial charge in [-0.25, -0.2) is 0 Å². The van der Waals surface area contributed by atoms with Crippen LogP contribution in [0.5, 0.6) is 0 Å². The molecule has 0 atom stereocenters. The van der Waals surface area contributed by atoms with Crippen molar-refractivity contribution in [2.24, 2.45) is 0 Å². The predicted octanol–water partition coefficient (Wildman–Crippen LogP) is 3.77. The van der Waals surface area contributed by atoms with Crippen LogP contribution in [0.4, 0.5) is 8.78 Å². The molecule has 0 bridgehead atoms. The van der Waals surface area contributed by atoms with Crippen LogP contribution < -0.4 is 0 Å². The van der Waals surface area contributed by atoms with E-state index in [0.717, 1.165) is 56.0 Å². The largest absolute Gasteiger partial charge is 0.343 e. The Morgan fingerprint density at radius 1 is 1.19 bits per heavy atom. The van der Waals surface area contributed by atoms with Crippen LogP contribution >= 0.6 is 0 Å². The lowest BCUT2D eigenvalue weighted by atomic mass is 10.1. The van der Waals surface area contributed by atoms with Gasteiger partial charge in [0.15, 0.2) is 0 Å². The molecular formula is C20H22F2N4. The summed E-state index contributed by atoms with van der Waals surface area (Å²) in [6.07, 6.45) is 5.16. The summed E-state index contributed by atoms with van der Waals surface area (Å²) < 4.78 is 29.0. The maximum absolute atomic E-state index is 13.3. The normalized spacial score (nSPS) is 15.4. The molecule has 26 heavy (non-hydrogen) atoms. The van der Waals surface area contributed by atoms with Crippen molar-refractivity contribution in [3.05, 3.63) is 59.2 Å². The monoisotopic (exact) mass is 356 g/mol. The van der Waals surface area contributed by atoms with E-state index in [1.807, 2.05) is 12.3 Å². The van der Waals surface area contributed by atoms with E-state index in [4.69, 9.17) is 0 Å². The Kier molecular flexibility index (Phi) is 4.23. The molecule has 0 saturated heterocycles. The van der Waals surface area contributed by atoms with Gasteiger partial charge in [0, 0.05) is 56.6 Å². The second-order valence-corrected chi connectivity index (χ2v) is 7.13. The van der Waals surface area contributed by atoms with Crippen LogP contribution in [0.3, 0.4) is 0 Å². The molecule has 4 rings (SSSR count). The van der Waals surface area contributed by atoms with Gasteiger partial charge in [-0.2, -0.15) is 8.78 Å². The van der Waals surface area contributed by atoms with Crippen LogP contribution in [-0.4, -0.2) is 33.0 Å². The third-order valence-corrected chi connectivity index (χ3v) is 5.09. The molecule has 3 aromatic heterocycles. The third kappa shape index (κ3) is 3.09. The van der Waals surface area contributed by atoms with Gasteiger partial charge in [-0.05, 0) is 37.2 Å². The number of halogens is 2. The number of aromatic nitrogens is 3. The highest BCUT2D eigenvalue weighted by Gasteiger charge is 2.26. The SMILES string of the molecule is CN1CCc2c(c3ncccc3n2CCc2ccc(C(C)(F)F)nc2)C1. The molecule has 0 saturated carbocycles. The molecule has 0 aliphatic carbocycles. The van der Waals surface area contributed by atoms with Crippen molar-refractivity contribution in [1.82, 2.24) is 19.4 Å². The number of nitrogens with zero attached hydrogens (tertiary/aromatic N) is 4. The lowest BCUT2D eigenvalue weighted by Gasteiger charge is -2.24. The lowest BCUT2D eigenvalue weighted by Crippen LogP contribution is -2.27. The van der Waals surface area contributed by atoms with Gasteiger partial charge in [0.05, 0.1) is 11.0 Å². The van der Waals surface area contributed by atoms with Gasteiger partial charge in [0.1, 0.15) is 5.69 Å². The molecule has 3 aromatic rings. The molecule has 136 valence electrons. The van der Waals surface area contributed by atoms with Crippen LogP contribution in [-0.2, 0) is 31.9 Å². The molecule has 0 aromatic carbocycles. The summed E-state index contributed by atoms with van der Waals surface area (Å²) >= 11 is 0. The quantitative estimate of drug-likeness (QED) is 0.714. The summed E-state index contributed by atoms with van der Waals surface area (Å²) in [5, 5.41) is 0. The summed E-state index contributed by atoms with van der Waals surface area (Å²) in [6.45, 7) is 3.62. The highest BCUT2D eigenvalue weighted by atomic mass is 19.3. The number of aryl methyl sites for hydroxylation is 2. The maximum Gasteiger partial charge on any atom is 0.286 e. The summed E-state index contributed by atoms with van der Waals surface area (Å²) in [6, 6.07) is 7.26. The van der Waals surface area contributed by atoms with Crippen LogP contribution in [0.15, 0.2) is 36.7 Å². The summed E-state index contributed by atoms with van der Waals surface area (Å²) in [5.74, 6) is -2.90. The number of likely N-dealkylation sites (N-methyl/N-ethyl adjacent to an activating group) is 1. The molecule has 6 heteroatoms. The molecule has 0 N–H and O–H groups in total. The van der Waals surface area contributed by atoms with E-state index in [1.165, 1.54) is 17.3 Å². The Morgan fingerprint density at radius 3 is 2.77 bits per heavy atom. The number of hydrogen-bond donors (Lipinski definition) is 0. The number of hydrogen-bond acceptors (Lipinski definition) is 3. The molecule has 0 unspecified atom stereocenters. The Hall–Kier alpha value is -2.34. The lowest BCUT2D eigenvalue weighted by molar-refractivity contribution is 0.0127. The molecule has 4 heterocycles. The minimum absolute atomic E-state index is 0.183. The first-order chi connectivity index (χ1) is 12.4. The van der Waals surface area contributed by atoms with Crippen molar-refractivity contribution in [2.45, 2.75) is 38.8 Å². The Balaban J connectivity index is 1.62. The van der Waals surface area contributed by atoms with Crippen LogP contribution in [0.25, 0.3) is 11.0 Å². The van der Waals surface area contributed by atoms with Crippen molar-refractivity contribution in [2.75, 3.05) is 13.6 Å². The van der Waals surface area contributed by atoms with Crippen LogP contribution in [0, 0.1) is 0 Å². The van der Waals surface area contributed by atoms with E-state index in [-0.39, 0.29) is 5.69 Å². The topological polar surface area (TPSA) is 34.0 Å². The van der Waals surface area contributed by atoms with E-state index in [1.54, 1.807) is 12.3 Å². The van der Waals surface area contributed by atoms with Crippen molar-refractivity contribution in [1.29, 1.82) is 0 Å². The maximum atomic E-state index is 13.3. The van der Waals surface area contributed by atoms with Crippen LogP contribution in [0.1, 0.15) is 29.4 Å². The predicted molar refractivity (Wildman–Crippen MR) is 97.3 cm³/mol. The van der Waals surface area contributed by atoms with Crippen molar-refractivity contribution in [3.8, 4) is 0 Å². The standard InChI is InChI=1S/C20H22F2N4/c1-20(21,22)18-6-5-14(12-24-18)7-11-26-16-8-10-25(2)13-15(16)19-17(26)4-3-9-23-19/h3-6,9,12H,7-8,10-11,13H2,1-2H3. The Bertz CT molecular complexity index is 925. The number of rotatable bonds is 4. The van der Waals surface area contributed by atoms with Gasteiger partial charge >= 0.3 is 0 Å². The molecule has 0 fully saturated rings. The Labute approximate surface area is 151 Å². The van der Waals surface area contributed by atoms with Gasteiger partial charge in [0.25, 0.3) is 5.92 Å². The molecular weight excluding hydrogens is 334 g/mol. The fraction of sp³-hybridized carbons (Fsp3) is 0.400. The van der Waals surface area contributed by atoms with E-state index in [0.29, 0.717) is 0 Å². The van der Waals surface area contributed by atoms with Gasteiger partial charge in [-0.3, -0.25) is 9.97 Å². The first-order valence-corrected chi connectivity index (χ1v) is 8.90. The van der Waals surface area contributed by atoms with E-state index in [2.05, 4.69) is 32.5 Å². The van der Waals surface area contributed by atoms with Crippen molar-refractivity contribution < 1.29 is 8.78 Å². The average molecular weight is 356 g/mol. The fourth-order valence-corrected chi connectivity index (χ4v) is 3.72. The second-order valence-electron chi connectivity index (χ2n) is 7.13. The highest BCUT2D eigenvalue weighted by molar-refractivity contribution is 5.81. The van der Waals surface area contributed by atoms with Gasteiger partial charge < -0.3 is 9.47 Å². The third-order valence-electron chi connectivity index (χ3n) is 5.09. The number of alkyl halides is 2. The highest BCUT2D eigenvalue weighted by Crippen LogP contribution is 2.29. The minimum Gasteiger partial charge on any atom is -0.343 e. The first-order valence-electron chi connectivity index (χ1n) is 8.90. The molecule has 0 amide bonds. The molecule has 4 nitrogen and oxygen atoms in total. The molecule has 1 aliphatic heterocycles. The smallest absolute Gasteiger partial charge is 0.286 e. The summed E-state index contributed by atoms with van der Waals surface area (Å²) in [5.41, 5.74) is 5.67. The number of fused-ring (bicyclic) bond motifs is 3. The Morgan fingerprint density at radius 2 is 2.04 bits per heavy atom. The molecule has 1 aliphatic rings. The summed E-state index contributed by atoms with van der Waals surface area (Å²) in [4.78, 5) is 10.8.